The van der Waals surface area contributed by atoms with Crippen molar-refractivity contribution in [1.82, 2.24) is 0 Å². The maximum Gasteiger partial charge on any atom is 0.162 e. The molecule has 7 N–H and O–H groups in total. The standard InChI is InChI=1S/C10H17N3O/c1-3-5-7(11)6(4-2)9(13)10(14)8(5)12/h14H,3-4,11-13H2,1-2H3. The van der Waals surface area contributed by atoms with Gasteiger partial charge in [-0.1, -0.05) is 13.8 Å². The highest BCUT2D eigenvalue weighted by Gasteiger charge is 2.16. The number of phenols is 1. The molecule has 0 radical (unpaired) electrons. The molecule has 78 valence electrons. The van der Waals surface area contributed by atoms with E-state index in [-0.39, 0.29) is 5.75 Å². The van der Waals surface area contributed by atoms with E-state index in [4.69, 9.17) is 17.2 Å². The number of rotatable bonds is 2. The van der Waals surface area contributed by atoms with Crippen LogP contribution in [0.5, 0.6) is 5.75 Å². The highest BCUT2D eigenvalue weighted by molar-refractivity contribution is 5.82. The molecule has 14 heavy (non-hydrogen) atoms. The maximum atomic E-state index is 9.65. The van der Waals surface area contributed by atoms with Gasteiger partial charge in [0.25, 0.3) is 0 Å². The number of hydrogen-bond donors (Lipinski definition) is 4. The molecule has 0 unspecified atom stereocenters. The Morgan fingerprint density at radius 2 is 1.21 bits per heavy atom. The monoisotopic (exact) mass is 195 g/mol. The van der Waals surface area contributed by atoms with E-state index in [1.807, 2.05) is 13.8 Å². The lowest BCUT2D eigenvalue weighted by Gasteiger charge is -2.16. The van der Waals surface area contributed by atoms with Crippen LogP contribution in [0.3, 0.4) is 0 Å². The molecule has 0 fully saturated rings. The van der Waals surface area contributed by atoms with Crippen LogP contribution in [0.15, 0.2) is 0 Å². The van der Waals surface area contributed by atoms with E-state index >= 15 is 0 Å². The second-order valence-electron chi connectivity index (χ2n) is 3.25. The van der Waals surface area contributed by atoms with E-state index in [0.717, 1.165) is 11.1 Å². The van der Waals surface area contributed by atoms with Gasteiger partial charge in [0.2, 0.25) is 0 Å². The topological polar surface area (TPSA) is 98.3 Å². The SMILES string of the molecule is CCc1c(N)c(O)c(N)c(CC)c1N. The van der Waals surface area contributed by atoms with Crippen LogP contribution in [0.1, 0.15) is 25.0 Å². The first-order valence-electron chi connectivity index (χ1n) is 4.71. The lowest BCUT2D eigenvalue weighted by Crippen LogP contribution is -2.07. The molecule has 0 atom stereocenters. The largest absolute Gasteiger partial charge is 0.504 e. The van der Waals surface area contributed by atoms with Crippen LogP contribution in [0.2, 0.25) is 0 Å². The van der Waals surface area contributed by atoms with Crippen molar-refractivity contribution in [3.8, 4) is 5.75 Å². The first kappa shape index (κ1) is 10.5. The zero-order valence-corrected chi connectivity index (χ0v) is 8.59. The summed E-state index contributed by atoms with van der Waals surface area (Å²) < 4.78 is 0. The Bertz CT molecular complexity index is 330. The first-order chi connectivity index (χ1) is 6.54. The first-order valence-corrected chi connectivity index (χ1v) is 4.71. The lowest BCUT2D eigenvalue weighted by atomic mass is 9.98. The molecule has 1 aromatic rings. The van der Waals surface area contributed by atoms with Gasteiger partial charge in [-0.05, 0) is 12.8 Å². The molecule has 0 saturated carbocycles. The van der Waals surface area contributed by atoms with Crippen LogP contribution in [0.4, 0.5) is 17.1 Å². The van der Waals surface area contributed by atoms with Crippen molar-refractivity contribution in [2.45, 2.75) is 26.7 Å². The molecule has 0 heterocycles. The summed E-state index contributed by atoms with van der Waals surface area (Å²) in [4.78, 5) is 0. The molecule has 1 aromatic carbocycles. The van der Waals surface area contributed by atoms with E-state index < -0.39 is 0 Å². The van der Waals surface area contributed by atoms with E-state index in [2.05, 4.69) is 0 Å². The van der Waals surface area contributed by atoms with Gasteiger partial charge in [0, 0.05) is 16.8 Å². The minimum atomic E-state index is -0.0344. The van der Waals surface area contributed by atoms with Crippen molar-refractivity contribution < 1.29 is 5.11 Å². The average molecular weight is 195 g/mol. The van der Waals surface area contributed by atoms with E-state index in [1.54, 1.807) is 0 Å². The summed E-state index contributed by atoms with van der Waals surface area (Å²) in [5, 5.41) is 9.65. The molecule has 0 bridgehead atoms. The maximum absolute atomic E-state index is 9.65. The Labute approximate surface area is 83.7 Å². The highest BCUT2D eigenvalue weighted by atomic mass is 16.3. The van der Waals surface area contributed by atoms with Crippen molar-refractivity contribution in [1.29, 1.82) is 0 Å². The molecule has 0 aliphatic heterocycles. The van der Waals surface area contributed by atoms with E-state index in [1.165, 1.54) is 0 Å². The minimum Gasteiger partial charge on any atom is -0.504 e. The van der Waals surface area contributed by atoms with Crippen LogP contribution >= 0.6 is 0 Å². The number of benzene rings is 1. The van der Waals surface area contributed by atoms with Gasteiger partial charge in [0.15, 0.2) is 5.75 Å². The third kappa shape index (κ3) is 1.32. The number of nitrogen functional groups attached to an aromatic ring is 3. The minimum absolute atomic E-state index is 0.0344. The summed E-state index contributed by atoms with van der Waals surface area (Å²) in [5.74, 6) is -0.0344. The molecule has 4 nitrogen and oxygen atoms in total. The number of nitrogens with two attached hydrogens (primary N) is 3. The van der Waals surface area contributed by atoms with Crippen molar-refractivity contribution in [2.24, 2.45) is 0 Å². The molecule has 0 aliphatic carbocycles. The second kappa shape index (κ2) is 3.65. The van der Waals surface area contributed by atoms with Gasteiger partial charge in [0.05, 0.1) is 11.4 Å². The molecule has 0 saturated heterocycles. The third-order valence-electron chi connectivity index (χ3n) is 2.52. The van der Waals surface area contributed by atoms with Crippen LogP contribution in [0.25, 0.3) is 0 Å². The van der Waals surface area contributed by atoms with Crippen molar-refractivity contribution in [2.75, 3.05) is 17.2 Å². The van der Waals surface area contributed by atoms with Gasteiger partial charge in [-0.25, -0.2) is 0 Å². The summed E-state index contributed by atoms with van der Waals surface area (Å²) >= 11 is 0. The fourth-order valence-corrected chi connectivity index (χ4v) is 1.67. The molecule has 1 rings (SSSR count). The van der Waals surface area contributed by atoms with Crippen LogP contribution in [0, 0.1) is 0 Å². The smallest absolute Gasteiger partial charge is 0.162 e. The number of hydrogen-bond acceptors (Lipinski definition) is 4. The third-order valence-corrected chi connectivity index (χ3v) is 2.52. The van der Waals surface area contributed by atoms with Crippen molar-refractivity contribution in [3.05, 3.63) is 11.1 Å². The van der Waals surface area contributed by atoms with Crippen molar-refractivity contribution >= 4 is 17.1 Å². The molecular weight excluding hydrogens is 178 g/mol. The van der Waals surface area contributed by atoms with Gasteiger partial charge < -0.3 is 22.3 Å². The molecule has 0 amide bonds. The number of anilines is 3. The Kier molecular flexibility index (Phi) is 2.74. The summed E-state index contributed by atoms with van der Waals surface area (Å²) in [6.07, 6.45) is 1.39. The zero-order chi connectivity index (χ0) is 10.9. The number of aromatic hydroxyl groups is 1. The molecule has 0 aliphatic rings. The number of phenolic OH excluding ortho intramolecular Hbond substituents is 1. The quantitative estimate of drug-likeness (QED) is 0.324. The fourth-order valence-electron chi connectivity index (χ4n) is 1.67. The summed E-state index contributed by atoms with van der Waals surface area (Å²) in [5.41, 5.74) is 20.1. The zero-order valence-electron chi connectivity index (χ0n) is 8.59. The van der Waals surface area contributed by atoms with Gasteiger partial charge in [-0.2, -0.15) is 0 Å². The summed E-state index contributed by atoms with van der Waals surface area (Å²) in [6, 6.07) is 0. The van der Waals surface area contributed by atoms with Gasteiger partial charge in [0.1, 0.15) is 0 Å². The summed E-state index contributed by atoms with van der Waals surface area (Å²) in [7, 11) is 0. The lowest BCUT2D eigenvalue weighted by molar-refractivity contribution is 0.479. The van der Waals surface area contributed by atoms with Crippen LogP contribution in [-0.2, 0) is 12.8 Å². The van der Waals surface area contributed by atoms with Crippen molar-refractivity contribution in [3.63, 3.8) is 0 Å². The van der Waals surface area contributed by atoms with Gasteiger partial charge in [-0.15, -0.1) is 0 Å². The normalized spacial score (nSPS) is 10.4. The van der Waals surface area contributed by atoms with Gasteiger partial charge in [-0.3, -0.25) is 0 Å². The molecule has 0 aromatic heterocycles. The Balaban J connectivity index is 3.56. The van der Waals surface area contributed by atoms with E-state index in [9.17, 15) is 5.11 Å². The van der Waals surface area contributed by atoms with Gasteiger partial charge >= 0.3 is 0 Å². The Hall–Kier alpha value is -1.58. The average Bonchev–Trinajstić information content (AvgIpc) is 2.16. The predicted molar refractivity (Wildman–Crippen MR) is 60.1 cm³/mol. The molecule has 4 heteroatoms. The fraction of sp³-hybridized carbons (Fsp3) is 0.400. The predicted octanol–water partition coefficient (Wildman–Crippen LogP) is 1.26. The molecular formula is C10H17N3O. The highest BCUT2D eigenvalue weighted by Crippen LogP contribution is 2.39. The second-order valence-corrected chi connectivity index (χ2v) is 3.25. The van der Waals surface area contributed by atoms with E-state index in [0.29, 0.717) is 29.9 Å². The van der Waals surface area contributed by atoms with Crippen LogP contribution in [-0.4, -0.2) is 5.11 Å². The Morgan fingerprint density at radius 1 is 0.857 bits per heavy atom. The molecule has 0 spiro atoms. The van der Waals surface area contributed by atoms with Crippen LogP contribution < -0.4 is 17.2 Å². The Morgan fingerprint density at radius 3 is 1.50 bits per heavy atom. The summed E-state index contributed by atoms with van der Waals surface area (Å²) in [6.45, 7) is 3.88.